The molecular formula is C19H22ClN3O. The molecule has 2 aromatic rings. The topological polar surface area (TPSA) is 49.0 Å². The molecule has 2 aliphatic rings. The first kappa shape index (κ1) is 15.7. The van der Waals surface area contributed by atoms with Crippen LogP contribution in [0.5, 0.6) is 0 Å². The van der Waals surface area contributed by atoms with Crippen LogP contribution in [0.3, 0.4) is 0 Å². The van der Waals surface area contributed by atoms with E-state index in [-0.39, 0.29) is 11.4 Å². The maximum Gasteiger partial charge on any atom is 0.227 e. The number of nitrogens with one attached hydrogen (secondary N) is 1. The second-order valence-corrected chi connectivity index (χ2v) is 7.36. The Kier molecular flexibility index (Phi) is 4.09. The summed E-state index contributed by atoms with van der Waals surface area (Å²) in [4.78, 5) is 23.1. The molecule has 0 unspecified atom stereocenters. The van der Waals surface area contributed by atoms with Crippen LogP contribution >= 0.6 is 11.6 Å². The van der Waals surface area contributed by atoms with Crippen LogP contribution in [-0.4, -0.2) is 27.3 Å². The van der Waals surface area contributed by atoms with Gasteiger partial charge in [0.1, 0.15) is 0 Å². The average molecular weight is 344 g/mol. The first-order valence-electron chi connectivity index (χ1n) is 8.77. The summed E-state index contributed by atoms with van der Waals surface area (Å²) in [6.45, 7) is 0.779. The van der Waals surface area contributed by atoms with Crippen molar-refractivity contribution in [1.29, 1.82) is 0 Å². The van der Waals surface area contributed by atoms with Crippen LogP contribution in [0.4, 0.5) is 0 Å². The van der Waals surface area contributed by atoms with Gasteiger partial charge in [0.05, 0.1) is 24.0 Å². The van der Waals surface area contributed by atoms with Crippen molar-refractivity contribution in [3.63, 3.8) is 0 Å². The molecule has 0 atom stereocenters. The zero-order valence-corrected chi connectivity index (χ0v) is 14.5. The second-order valence-electron chi connectivity index (χ2n) is 6.92. The molecule has 5 heteroatoms. The van der Waals surface area contributed by atoms with Gasteiger partial charge in [-0.3, -0.25) is 4.79 Å². The van der Waals surface area contributed by atoms with E-state index in [2.05, 4.69) is 14.9 Å². The van der Waals surface area contributed by atoms with E-state index < -0.39 is 0 Å². The number of carbonyl (C=O) groups excluding carboxylic acids is 1. The van der Waals surface area contributed by atoms with Gasteiger partial charge in [-0.25, -0.2) is 4.98 Å². The lowest BCUT2D eigenvalue weighted by Crippen LogP contribution is -2.55. The highest BCUT2D eigenvalue weighted by atomic mass is 35.5. The molecule has 2 heterocycles. The number of H-pyrrole nitrogens is 1. The van der Waals surface area contributed by atoms with Crippen LogP contribution in [0.2, 0.25) is 5.02 Å². The normalized spacial score (nSPS) is 19.3. The van der Waals surface area contributed by atoms with Gasteiger partial charge < -0.3 is 9.88 Å². The highest BCUT2D eigenvalue weighted by Gasteiger charge is 2.47. The minimum Gasteiger partial charge on any atom is -0.348 e. The molecule has 0 bridgehead atoms. The molecule has 1 aliphatic carbocycles. The standard InChI is InChI=1S/C19H22ClN3O/c20-15-6-4-14(5-7-15)12-17(24)23-11-8-16-18(22-13-21-16)19(23)9-2-1-3-10-19/h4-7,13H,1-3,8-12H2,(H,21,22). The maximum absolute atomic E-state index is 13.1. The molecule has 126 valence electrons. The summed E-state index contributed by atoms with van der Waals surface area (Å²) in [6, 6.07) is 7.58. The SMILES string of the molecule is O=C(Cc1ccc(Cl)cc1)N1CCc2[nH]cnc2C12CCCCC2. The van der Waals surface area contributed by atoms with Gasteiger partial charge in [-0.05, 0) is 30.5 Å². The summed E-state index contributed by atoms with van der Waals surface area (Å²) in [6.07, 6.45) is 8.71. The van der Waals surface area contributed by atoms with Crippen LogP contribution < -0.4 is 0 Å². The Morgan fingerprint density at radius 3 is 2.71 bits per heavy atom. The number of halogens is 1. The Morgan fingerprint density at radius 2 is 1.96 bits per heavy atom. The van der Waals surface area contributed by atoms with Gasteiger partial charge in [0.2, 0.25) is 5.91 Å². The van der Waals surface area contributed by atoms with Gasteiger partial charge in [0, 0.05) is 23.7 Å². The van der Waals surface area contributed by atoms with Gasteiger partial charge in [0.25, 0.3) is 0 Å². The Balaban J connectivity index is 1.63. The van der Waals surface area contributed by atoms with Crippen LogP contribution in [-0.2, 0) is 23.2 Å². The fourth-order valence-electron chi connectivity index (χ4n) is 4.36. The zero-order chi connectivity index (χ0) is 16.6. The molecule has 1 aromatic carbocycles. The molecule has 0 saturated heterocycles. The molecule has 1 amide bonds. The summed E-state index contributed by atoms with van der Waals surface area (Å²) >= 11 is 5.95. The monoisotopic (exact) mass is 343 g/mol. The minimum atomic E-state index is -0.199. The molecule has 1 aromatic heterocycles. The number of benzene rings is 1. The number of hydrogen-bond acceptors (Lipinski definition) is 2. The van der Waals surface area contributed by atoms with Gasteiger partial charge in [-0.1, -0.05) is 43.0 Å². The number of nitrogens with zero attached hydrogens (tertiary/aromatic N) is 2. The fourth-order valence-corrected chi connectivity index (χ4v) is 4.48. The van der Waals surface area contributed by atoms with E-state index in [0.29, 0.717) is 11.4 Å². The maximum atomic E-state index is 13.1. The summed E-state index contributed by atoms with van der Waals surface area (Å²) in [5.41, 5.74) is 3.14. The fraction of sp³-hybridized carbons (Fsp3) is 0.474. The van der Waals surface area contributed by atoms with Crippen molar-refractivity contribution in [1.82, 2.24) is 14.9 Å². The van der Waals surface area contributed by atoms with E-state index in [1.54, 1.807) is 6.33 Å². The van der Waals surface area contributed by atoms with Crippen LogP contribution in [0, 0.1) is 0 Å². The van der Waals surface area contributed by atoms with Gasteiger partial charge in [0.15, 0.2) is 0 Å². The second kappa shape index (κ2) is 6.25. The zero-order valence-electron chi connectivity index (χ0n) is 13.7. The Hall–Kier alpha value is -1.81. The molecule has 1 spiro atoms. The number of rotatable bonds is 2. The molecule has 1 N–H and O–H groups in total. The summed E-state index contributed by atoms with van der Waals surface area (Å²) in [5, 5.41) is 0.703. The molecule has 24 heavy (non-hydrogen) atoms. The van der Waals surface area contributed by atoms with Gasteiger partial charge >= 0.3 is 0 Å². The van der Waals surface area contributed by atoms with Crippen molar-refractivity contribution in [2.45, 2.75) is 50.5 Å². The molecular weight excluding hydrogens is 322 g/mol. The van der Waals surface area contributed by atoms with E-state index >= 15 is 0 Å². The third-order valence-electron chi connectivity index (χ3n) is 5.51. The van der Waals surface area contributed by atoms with E-state index in [4.69, 9.17) is 11.6 Å². The summed E-state index contributed by atoms with van der Waals surface area (Å²) < 4.78 is 0. The number of hydrogen-bond donors (Lipinski definition) is 1. The number of fused-ring (bicyclic) bond motifs is 2. The van der Waals surface area contributed by atoms with Gasteiger partial charge in [-0.2, -0.15) is 0 Å². The minimum absolute atomic E-state index is 0.199. The van der Waals surface area contributed by atoms with Crippen molar-refractivity contribution >= 4 is 17.5 Å². The lowest BCUT2D eigenvalue weighted by Gasteiger charge is -2.48. The van der Waals surface area contributed by atoms with Crippen molar-refractivity contribution in [3.05, 3.63) is 52.6 Å². The van der Waals surface area contributed by atoms with E-state index in [0.717, 1.165) is 49.9 Å². The molecule has 1 saturated carbocycles. The third kappa shape index (κ3) is 2.63. The van der Waals surface area contributed by atoms with E-state index in [1.807, 2.05) is 24.3 Å². The predicted octanol–water partition coefficient (Wildman–Crippen LogP) is 3.85. The number of aromatic nitrogens is 2. The molecule has 0 radical (unpaired) electrons. The van der Waals surface area contributed by atoms with Gasteiger partial charge in [-0.15, -0.1) is 0 Å². The first-order chi connectivity index (χ1) is 11.7. The highest BCUT2D eigenvalue weighted by molar-refractivity contribution is 6.30. The largest absolute Gasteiger partial charge is 0.348 e. The van der Waals surface area contributed by atoms with Crippen LogP contribution in [0.25, 0.3) is 0 Å². The van der Waals surface area contributed by atoms with Crippen molar-refractivity contribution < 1.29 is 4.79 Å². The third-order valence-corrected chi connectivity index (χ3v) is 5.76. The quantitative estimate of drug-likeness (QED) is 0.900. The lowest BCUT2D eigenvalue weighted by molar-refractivity contribution is -0.140. The van der Waals surface area contributed by atoms with Crippen molar-refractivity contribution in [3.8, 4) is 0 Å². The summed E-state index contributed by atoms with van der Waals surface area (Å²) in [5.74, 6) is 0.202. The molecule has 4 rings (SSSR count). The Morgan fingerprint density at radius 1 is 1.21 bits per heavy atom. The van der Waals surface area contributed by atoms with Crippen molar-refractivity contribution in [2.24, 2.45) is 0 Å². The first-order valence-corrected chi connectivity index (χ1v) is 9.14. The Bertz CT molecular complexity index is 731. The average Bonchev–Trinajstić information content (AvgIpc) is 3.08. The van der Waals surface area contributed by atoms with E-state index in [9.17, 15) is 4.79 Å². The lowest BCUT2D eigenvalue weighted by atomic mass is 9.74. The number of carbonyl (C=O) groups is 1. The predicted molar refractivity (Wildman–Crippen MR) is 93.9 cm³/mol. The number of amides is 1. The molecule has 4 nitrogen and oxygen atoms in total. The number of aromatic amines is 1. The van der Waals surface area contributed by atoms with Crippen molar-refractivity contribution in [2.75, 3.05) is 6.54 Å². The molecule has 1 aliphatic heterocycles. The smallest absolute Gasteiger partial charge is 0.227 e. The Labute approximate surface area is 147 Å². The number of imidazole rings is 1. The van der Waals surface area contributed by atoms with Crippen LogP contribution in [0.1, 0.15) is 49.1 Å². The van der Waals surface area contributed by atoms with Crippen LogP contribution in [0.15, 0.2) is 30.6 Å². The molecule has 1 fully saturated rings. The highest BCUT2D eigenvalue weighted by Crippen LogP contribution is 2.45. The summed E-state index contributed by atoms with van der Waals surface area (Å²) in [7, 11) is 0. The van der Waals surface area contributed by atoms with E-state index in [1.165, 1.54) is 12.1 Å².